The number of pyridine rings is 1. The Morgan fingerprint density at radius 3 is 2.53 bits per heavy atom. The van der Waals surface area contributed by atoms with Gasteiger partial charge in [-0.2, -0.15) is 17.1 Å². The first-order valence-corrected chi connectivity index (χ1v) is 11.3. The number of hydrogen-bond acceptors (Lipinski definition) is 6. The van der Waals surface area contributed by atoms with Gasteiger partial charge in [0, 0.05) is 38.1 Å². The van der Waals surface area contributed by atoms with Crippen LogP contribution in [0.15, 0.2) is 24.5 Å². The van der Waals surface area contributed by atoms with Crippen LogP contribution in [0.25, 0.3) is 11.3 Å². The largest absolute Gasteiger partial charge is 0.444 e. The summed E-state index contributed by atoms with van der Waals surface area (Å²) in [5, 5.41) is 0. The number of ether oxygens (including phenoxy) is 2. The van der Waals surface area contributed by atoms with Crippen LogP contribution in [0.2, 0.25) is 0 Å². The Balaban J connectivity index is 2.06. The van der Waals surface area contributed by atoms with E-state index in [2.05, 4.69) is 4.98 Å². The molecule has 0 bridgehead atoms. The predicted octanol–water partition coefficient (Wildman–Crippen LogP) is 2.62. The van der Waals surface area contributed by atoms with Gasteiger partial charge in [-0.25, -0.2) is 18.1 Å². The van der Waals surface area contributed by atoms with Crippen molar-refractivity contribution in [1.82, 2.24) is 18.2 Å². The summed E-state index contributed by atoms with van der Waals surface area (Å²) >= 11 is 0. The third-order valence-electron chi connectivity index (χ3n) is 4.66. The highest BCUT2D eigenvalue weighted by molar-refractivity contribution is 7.87. The monoisotopic (exact) mass is 472 g/mol. The highest BCUT2D eigenvalue weighted by Crippen LogP contribution is 2.31. The Morgan fingerprint density at radius 2 is 1.94 bits per heavy atom. The van der Waals surface area contributed by atoms with Crippen molar-refractivity contribution in [2.75, 3.05) is 33.4 Å². The average Bonchev–Trinajstić information content (AvgIpc) is 3.04. The lowest BCUT2D eigenvalue weighted by molar-refractivity contribution is 0.0284. The summed E-state index contributed by atoms with van der Waals surface area (Å²) in [5.41, 5.74) is -1.68. The first-order valence-electron chi connectivity index (χ1n) is 9.95. The highest BCUT2D eigenvalue weighted by atomic mass is 32.2. The molecule has 0 saturated carbocycles. The number of morpholine rings is 1. The second kappa shape index (κ2) is 9.12. The molecule has 0 aliphatic carbocycles. The van der Waals surface area contributed by atoms with Crippen molar-refractivity contribution in [3.8, 4) is 11.3 Å². The van der Waals surface area contributed by atoms with Gasteiger partial charge in [0.25, 0.3) is 0 Å². The Hall–Kier alpha value is -2.57. The van der Waals surface area contributed by atoms with Gasteiger partial charge in [0.15, 0.2) is 5.82 Å². The molecule has 12 heteroatoms. The average molecular weight is 473 g/mol. The molecule has 1 fully saturated rings. The van der Waals surface area contributed by atoms with Crippen LogP contribution in [0.3, 0.4) is 0 Å². The summed E-state index contributed by atoms with van der Waals surface area (Å²) in [5.74, 6) is -1.99. The van der Waals surface area contributed by atoms with E-state index in [4.69, 9.17) is 9.47 Å². The first-order chi connectivity index (χ1) is 14.9. The number of aromatic nitrogens is 2. The van der Waals surface area contributed by atoms with Crippen LogP contribution in [-0.4, -0.2) is 71.6 Å². The van der Waals surface area contributed by atoms with Crippen molar-refractivity contribution in [3.05, 3.63) is 41.9 Å². The zero-order valence-corrected chi connectivity index (χ0v) is 19.2. The second-order valence-electron chi connectivity index (χ2n) is 8.31. The predicted molar refractivity (Wildman–Crippen MR) is 112 cm³/mol. The summed E-state index contributed by atoms with van der Waals surface area (Å²) in [6.45, 7) is 5.30. The maximum atomic E-state index is 15.5. The van der Waals surface area contributed by atoms with E-state index in [0.29, 0.717) is 3.97 Å². The molecule has 0 atom stereocenters. The number of rotatable bonds is 5. The topological polar surface area (TPSA) is 94.0 Å². The van der Waals surface area contributed by atoms with Crippen molar-refractivity contribution in [1.29, 1.82) is 0 Å². The van der Waals surface area contributed by atoms with Crippen LogP contribution >= 0.6 is 0 Å². The van der Waals surface area contributed by atoms with Gasteiger partial charge in [-0.05, 0) is 32.9 Å². The van der Waals surface area contributed by atoms with Crippen molar-refractivity contribution in [2.45, 2.75) is 32.9 Å². The maximum absolute atomic E-state index is 15.5. The minimum Gasteiger partial charge on any atom is -0.444 e. The molecule has 0 radical (unpaired) electrons. The van der Waals surface area contributed by atoms with Crippen LogP contribution in [-0.2, 0) is 26.2 Å². The lowest BCUT2D eigenvalue weighted by Gasteiger charge is -2.27. The number of carbonyl (C=O) groups excluding carboxylic acids is 1. The van der Waals surface area contributed by atoms with Gasteiger partial charge in [-0.15, -0.1) is 0 Å². The summed E-state index contributed by atoms with van der Waals surface area (Å²) in [6, 6.07) is 2.62. The molecule has 9 nitrogen and oxygen atoms in total. The standard InChI is InChI=1S/C20H26F2N4O5S/c1-20(2,3)31-19(27)24(4)12-14-13-26(32(28,29)25-8-10-30-11-9-25)17(16(14)21)15-6-5-7-23-18(15)22/h5-7,13H,8-12H2,1-4H3. The molecule has 32 heavy (non-hydrogen) atoms. The van der Waals surface area contributed by atoms with Crippen LogP contribution in [0, 0.1) is 11.8 Å². The minimum absolute atomic E-state index is 0.0736. The minimum atomic E-state index is -4.24. The Kier molecular flexibility index (Phi) is 6.86. The molecule has 176 valence electrons. The molecular formula is C20H26F2N4O5S. The van der Waals surface area contributed by atoms with Crippen LogP contribution < -0.4 is 0 Å². The molecule has 0 unspecified atom stereocenters. The van der Waals surface area contributed by atoms with Gasteiger partial charge in [-0.3, -0.25) is 0 Å². The van der Waals surface area contributed by atoms with E-state index in [1.165, 1.54) is 25.4 Å². The zero-order chi connectivity index (χ0) is 23.7. The molecule has 0 spiro atoms. The molecule has 1 saturated heterocycles. The van der Waals surface area contributed by atoms with Crippen molar-refractivity contribution < 1.29 is 31.5 Å². The lowest BCUT2D eigenvalue weighted by Crippen LogP contribution is -2.43. The highest BCUT2D eigenvalue weighted by Gasteiger charge is 2.33. The van der Waals surface area contributed by atoms with Gasteiger partial charge < -0.3 is 14.4 Å². The van der Waals surface area contributed by atoms with Gasteiger partial charge >= 0.3 is 16.3 Å². The number of nitrogens with zero attached hydrogens (tertiary/aromatic N) is 4. The van der Waals surface area contributed by atoms with Gasteiger partial charge in [0.05, 0.1) is 25.3 Å². The fourth-order valence-corrected chi connectivity index (χ4v) is 4.69. The van der Waals surface area contributed by atoms with Crippen molar-refractivity contribution in [2.24, 2.45) is 0 Å². The smallest absolute Gasteiger partial charge is 0.410 e. The van der Waals surface area contributed by atoms with Crippen LogP contribution in [0.1, 0.15) is 26.3 Å². The maximum Gasteiger partial charge on any atom is 0.410 e. The molecule has 2 aromatic rings. The molecule has 3 heterocycles. The summed E-state index contributed by atoms with van der Waals surface area (Å²) in [4.78, 5) is 16.9. The quantitative estimate of drug-likeness (QED) is 0.621. The first kappa shape index (κ1) is 24.1. The van der Waals surface area contributed by atoms with Crippen LogP contribution in [0.5, 0.6) is 0 Å². The lowest BCUT2D eigenvalue weighted by atomic mass is 10.1. The van der Waals surface area contributed by atoms with Crippen LogP contribution in [0.4, 0.5) is 13.6 Å². The van der Waals surface area contributed by atoms with E-state index in [9.17, 15) is 17.6 Å². The SMILES string of the molecule is CN(Cc1cn(S(=O)(=O)N2CCOCC2)c(-c2cccnc2F)c1F)C(=O)OC(C)(C)C. The summed E-state index contributed by atoms with van der Waals surface area (Å²) < 4.78 is 68.8. The van der Waals surface area contributed by atoms with E-state index in [-0.39, 0.29) is 44.0 Å². The Labute approximate surface area is 185 Å². The van der Waals surface area contributed by atoms with E-state index in [1.54, 1.807) is 20.8 Å². The van der Waals surface area contributed by atoms with Crippen molar-refractivity contribution in [3.63, 3.8) is 0 Å². The molecule has 1 aliphatic heterocycles. The number of hydrogen-bond donors (Lipinski definition) is 0. The van der Waals surface area contributed by atoms with Gasteiger partial charge in [0.1, 0.15) is 11.3 Å². The summed E-state index contributed by atoms with van der Waals surface area (Å²) in [7, 11) is -2.85. The van der Waals surface area contributed by atoms with Gasteiger partial charge in [-0.1, -0.05) is 0 Å². The van der Waals surface area contributed by atoms with E-state index in [1.807, 2.05) is 0 Å². The van der Waals surface area contributed by atoms with Crippen molar-refractivity contribution >= 4 is 16.3 Å². The van der Waals surface area contributed by atoms with E-state index in [0.717, 1.165) is 15.4 Å². The molecular weight excluding hydrogens is 446 g/mol. The Morgan fingerprint density at radius 1 is 1.28 bits per heavy atom. The molecule has 1 aliphatic rings. The Bertz CT molecular complexity index is 1090. The third-order valence-corrected chi connectivity index (χ3v) is 6.46. The number of carbonyl (C=O) groups is 1. The second-order valence-corrected chi connectivity index (χ2v) is 10.1. The number of halogens is 2. The zero-order valence-electron chi connectivity index (χ0n) is 18.3. The van der Waals surface area contributed by atoms with E-state index < -0.39 is 39.4 Å². The molecule has 0 aromatic carbocycles. The van der Waals surface area contributed by atoms with E-state index >= 15 is 4.39 Å². The molecule has 1 amide bonds. The molecule has 2 aromatic heterocycles. The summed E-state index contributed by atoms with van der Waals surface area (Å²) in [6.07, 6.45) is 1.52. The molecule has 0 N–H and O–H groups in total. The fraction of sp³-hybridized carbons (Fsp3) is 0.500. The normalized spacial score (nSPS) is 15.6. The molecule has 3 rings (SSSR count). The number of amides is 1. The third kappa shape index (κ3) is 5.08. The fourth-order valence-electron chi connectivity index (χ4n) is 3.17. The van der Waals surface area contributed by atoms with Gasteiger partial charge in [0.2, 0.25) is 5.95 Å².